The summed E-state index contributed by atoms with van der Waals surface area (Å²) < 4.78 is 0. The van der Waals surface area contributed by atoms with Crippen LogP contribution in [0.25, 0.3) is 0 Å². The number of phenolic OH excluding ortho intramolecular Hbond substituents is 1. The van der Waals surface area contributed by atoms with Gasteiger partial charge in [-0.05, 0) is 42.9 Å². The summed E-state index contributed by atoms with van der Waals surface area (Å²) in [6, 6.07) is 4.50. The lowest BCUT2D eigenvalue weighted by molar-refractivity contribution is -0.139. The number of hydrogen-bond donors (Lipinski definition) is 2. The van der Waals surface area contributed by atoms with Crippen molar-refractivity contribution in [1.82, 2.24) is 9.80 Å². The van der Waals surface area contributed by atoms with Gasteiger partial charge in [0, 0.05) is 38.2 Å². The molecule has 3 rings (SSSR count). The number of likely N-dealkylation sites (tertiary alicyclic amines) is 2. The van der Waals surface area contributed by atoms with Crippen LogP contribution in [-0.4, -0.2) is 64.6 Å². The molecule has 1 aromatic carbocycles. The molecule has 0 radical (unpaired) electrons. The lowest BCUT2D eigenvalue weighted by atomic mass is 9.72. The molecule has 0 atom stereocenters. The summed E-state index contributed by atoms with van der Waals surface area (Å²) in [6.45, 7) is 2.31. The standard InChI is InChI=1S/C18H23ClN2O4/c19-14-11-13(1-2-15(14)23)17(25)20-7-5-18(6-8-20)4-3-16(24)21(12-18)9-10-22/h1-2,11,22-23H,3-10,12H2. The monoisotopic (exact) mass is 366 g/mol. The largest absolute Gasteiger partial charge is 0.506 e. The zero-order valence-corrected chi connectivity index (χ0v) is 14.8. The van der Waals surface area contributed by atoms with Crippen molar-refractivity contribution in [3.8, 4) is 5.75 Å². The van der Waals surface area contributed by atoms with Gasteiger partial charge in [0.1, 0.15) is 5.75 Å². The average Bonchev–Trinajstić information content (AvgIpc) is 2.61. The average molecular weight is 367 g/mol. The Labute approximate surface area is 152 Å². The number of β-amino-alcohol motifs (C(OH)–C–C–N with tert-alkyl or cyclic N) is 1. The molecule has 7 heteroatoms. The van der Waals surface area contributed by atoms with Crippen LogP contribution < -0.4 is 0 Å². The van der Waals surface area contributed by atoms with E-state index in [2.05, 4.69) is 0 Å². The van der Waals surface area contributed by atoms with Crippen LogP contribution in [0.3, 0.4) is 0 Å². The highest BCUT2D eigenvalue weighted by molar-refractivity contribution is 6.32. The molecule has 0 bridgehead atoms. The van der Waals surface area contributed by atoms with Crippen molar-refractivity contribution in [2.45, 2.75) is 25.7 Å². The molecule has 0 aromatic heterocycles. The molecule has 2 amide bonds. The van der Waals surface area contributed by atoms with Gasteiger partial charge >= 0.3 is 0 Å². The van der Waals surface area contributed by atoms with E-state index in [0.717, 1.165) is 19.3 Å². The van der Waals surface area contributed by atoms with Gasteiger partial charge in [-0.1, -0.05) is 11.6 Å². The van der Waals surface area contributed by atoms with Crippen LogP contribution >= 0.6 is 11.6 Å². The Morgan fingerprint density at radius 2 is 1.96 bits per heavy atom. The van der Waals surface area contributed by atoms with Gasteiger partial charge in [0.15, 0.2) is 0 Å². The summed E-state index contributed by atoms with van der Waals surface area (Å²) in [4.78, 5) is 28.1. The molecule has 1 spiro atoms. The van der Waals surface area contributed by atoms with Crippen LogP contribution in [0.1, 0.15) is 36.0 Å². The van der Waals surface area contributed by atoms with Gasteiger partial charge in [0.2, 0.25) is 5.91 Å². The maximum atomic E-state index is 12.6. The minimum atomic E-state index is -0.0872. The zero-order valence-electron chi connectivity index (χ0n) is 14.1. The minimum absolute atomic E-state index is 0.0198. The lowest BCUT2D eigenvalue weighted by Crippen LogP contribution is -2.52. The van der Waals surface area contributed by atoms with Crippen molar-refractivity contribution in [3.05, 3.63) is 28.8 Å². The van der Waals surface area contributed by atoms with E-state index in [0.29, 0.717) is 38.2 Å². The predicted molar refractivity (Wildman–Crippen MR) is 93.6 cm³/mol. The van der Waals surface area contributed by atoms with Crippen LogP contribution in [-0.2, 0) is 4.79 Å². The van der Waals surface area contributed by atoms with Crippen LogP contribution in [0.15, 0.2) is 18.2 Å². The molecule has 0 aliphatic carbocycles. The maximum Gasteiger partial charge on any atom is 0.253 e. The van der Waals surface area contributed by atoms with E-state index in [4.69, 9.17) is 16.7 Å². The number of hydrogen-bond acceptors (Lipinski definition) is 4. The summed E-state index contributed by atoms with van der Waals surface area (Å²) >= 11 is 5.89. The first-order valence-electron chi connectivity index (χ1n) is 8.60. The van der Waals surface area contributed by atoms with E-state index < -0.39 is 0 Å². The Morgan fingerprint density at radius 3 is 2.60 bits per heavy atom. The van der Waals surface area contributed by atoms with Crippen LogP contribution in [0.5, 0.6) is 5.75 Å². The van der Waals surface area contributed by atoms with E-state index in [1.54, 1.807) is 15.9 Å². The van der Waals surface area contributed by atoms with Crippen molar-refractivity contribution >= 4 is 23.4 Å². The summed E-state index contributed by atoms with van der Waals surface area (Å²) in [5.41, 5.74) is 0.520. The molecular weight excluding hydrogens is 344 g/mol. The number of carbonyl (C=O) groups excluding carboxylic acids is 2. The number of benzene rings is 1. The Bertz CT molecular complexity index is 671. The van der Waals surface area contributed by atoms with Gasteiger partial charge in [0.05, 0.1) is 11.6 Å². The molecule has 0 saturated carbocycles. The van der Waals surface area contributed by atoms with Crippen LogP contribution in [0.2, 0.25) is 5.02 Å². The quantitative estimate of drug-likeness (QED) is 0.855. The molecule has 2 fully saturated rings. The highest BCUT2D eigenvalue weighted by atomic mass is 35.5. The SMILES string of the molecule is O=C1CCC2(CCN(C(=O)c3ccc(O)c(Cl)c3)CC2)CN1CCO. The fourth-order valence-electron chi connectivity index (χ4n) is 3.84. The number of nitrogens with zero attached hydrogens (tertiary/aromatic N) is 2. The van der Waals surface area contributed by atoms with Gasteiger partial charge in [-0.3, -0.25) is 9.59 Å². The summed E-state index contributed by atoms with van der Waals surface area (Å²) in [5.74, 6) is -0.0144. The third-order valence-electron chi connectivity index (χ3n) is 5.42. The van der Waals surface area contributed by atoms with Crippen molar-refractivity contribution in [2.24, 2.45) is 5.41 Å². The second-order valence-corrected chi connectivity index (χ2v) is 7.40. The second kappa shape index (κ2) is 7.22. The Morgan fingerprint density at radius 1 is 1.24 bits per heavy atom. The number of aliphatic hydroxyl groups excluding tert-OH is 1. The molecule has 2 aliphatic rings. The number of carbonyl (C=O) groups is 2. The van der Waals surface area contributed by atoms with Crippen LogP contribution in [0, 0.1) is 5.41 Å². The number of aliphatic hydroxyl groups is 1. The van der Waals surface area contributed by atoms with Crippen molar-refractivity contribution in [3.63, 3.8) is 0 Å². The van der Waals surface area contributed by atoms with E-state index in [9.17, 15) is 14.7 Å². The van der Waals surface area contributed by atoms with E-state index in [-0.39, 0.29) is 34.6 Å². The summed E-state index contributed by atoms with van der Waals surface area (Å²) in [6.07, 6.45) is 3.06. The Balaban J connectivity index is 1.64. The van der Waals surface area contributed by atoms with E-state index >= 15 is 0 Å². The number of aromatic hydroxyl groups is 1. The molecule has 2 N–H and O–H groups in total. The number of piperidine rings is 2. The maximum absolute atomic E-state index is 12.6. The molecule has 2 aliphatic heterocycles. The molecule has 2 saturated heterocycles. The molecular formula is C18H23ClN2O4. The third kappa shape index (κ3) is 3.75. The van der Waals surface area contributed by atoms with E-state index in [1.165, 1.54) is 12.1 Å². The van der Waals surface area contributed by atoms with Gasteiger partial charge in [0.25, 0.3) is 5.91 Å². The first-order chi connectivity index (χ1) is 11.9. The molecule has 25 heavy (non-hydrogen) atoms. The summed E-state index contributed by atoms with van der Waals surface area (Å²) in [5, 5.41) is 18.8. The van der Waals surface area contributed by atoms with E-state index in [1.807, 2.05) is 0 Å². The van der Waals surface area contributed by atoms with Crippen molar-refractivity contribution in [1.29, 1.82) is 0 Å². The summed E-state index contributed by atoms with van der Waals surface area (Å²) in [7, 11) is 0. The molecule has 6 nitrogen and oxygen atoms in total. The fourth-order valence-corrected chi connectivity index (χ4v) is 4.02. The fraction of sp³-hybridized carbons (Fsp3) is 0.556. The highest BCUT2D eigenvalue weighted by Gasteiger charge is 2.41. The number of halogens is 1. The normalized spacial score (nSPS) is 20.2. The predicted octanol–water partition coefficient (Wildman–Crippen LogP) is 1.88. The number of phenols is 1. The Hall–Kier alpha value is -1.79. The van der Waals surface area contributed by atoms with Gasteiger partial charge in [-0.15, -0.1) is 0 Å². The topological polar surface area (TPSA) is 81.1 Å². The van der Waals surface area contributed by atoms with Crippen molar-refractivity contribution < 1.29 is 19.8 Å². The first-order valence-corrected chi connectivity index (χ1v) is 8.98. The molecule has 2 heterocycles. The molecule has 136 valence electrons. The van der Waals surface area contributed by atoms with Crippen molar-refractivity contribution in [2.75, 3.05) is 32.8 Å². The number of rotatable bonds is 3. The van der Waals surface area contributed by atoms with Gasteiger partial charge in [-0.25, -0.2) is 0 Å². The zero-order chi connectivity index (χ0) is 18.0. The molecule has 1 aromatic rings. The smallest absolute Gasteiger partial charge is 0.253 e. The lowest BCUT2D eigenvalue weighted by Gasteiger charge is -2.47. The number of amides is 2. The Kier molecular flexibility index (Phi) is 5.20. The first kappa shape index (κ1) is 18.0. The van der Waals surface area contributed by atoms with Gasteiger partial charge < -0.3 is 20.0 Å². The van der Waals surface area contributed by atoms with Gasteiger partial charge in [-0.2, -0.15) is 0 Å². The van der Waals surface area contributed by atoms with Crippen LogP contribution in [0.4, 0.5) is 0 Å². The second-order valence-electron chi connectivity index (χ2n) is 7.00. The minimum Gasteiger partial charge on any atom is -0.506 e. The highest BCUT2D eigenvalue weighted by Crippen LogP contribution is 2.40. The molecule has 0 unspecified atom stereocenters. The third-order valence-corrected chi connectivity index (χ3v) is 5.73.